The summed E-state index contributed by atoms with van der Waals surface area (Å²) >= 11 is 0.0797. The van der Waals surface area contributed by atoms with Crippen LogP contribution in [0.1, 0.15) is 20.3 Å². The van der Waals surface area contributed by atoms with Crippen molar-refractivity contribution in [1.29, 1.82) is 0 Å². The molecule has 0 radical (unpaired) electrons. The van der Waals surface area contributed by atoms with E-state index in [2.05, 4.69) is 24.1 Å². The fraction of sp³-hybridized carbons (Fsp3) is 1.00. The number of halogens is 3. The average molecular weight is 270 g/mol. The normalized spacial score (nSPS) is 31.8. The highest BCUT2D eigenvalue weighted by molar-refractivity contribution is 8.00. The standard InChI is InChI=1S/C11H21F3N2S/c1-8-9(2)16(5-4-10(8)15-3)6-7-17-11(12,13)14/h8-10,15H,4-7H2,1-3H3. The molecular formula is C11H21F3N2S. The van der Waals surface area contributed by atoms with Crippen molar-refractivity contribution in [2.24, 2.45) is 5.92 Å². The maximum atomic E-state index is 12.0. The molecule has 0 aromatic rings. The molecule has 0 bridgehead atoms. The summed E-state index contributed by atoms with van der Waals surface area (Å²) in [5.41, 5.74) is -4.10. The largest absolute Gasteiger partial charge is 0.441 e. The maximum Gasteiger partial charge on any atom is 0.441 e. The summed E-state index contributed by atoms with van der Waals surface area (Å²) in [5.74, 6) is 0.606. The second kappa shape index (κ2) is 6.29. The molecule has 1 rings (SSSR count). The first-order valence-corrected chi connectivity index (χ1v) is 6.95. The van der Waals surface area contributed by atoms with Crippen LogP contribution in [0.5, 0.6) is 0 Å². The molecule has 3 atom stereocenters. The van der Waals surface area contributed by atoms with E-state index in [9.17, 15) is 13.2 Å². The molecule has 1 aliphatic rings. The van der Waals surface area contributed by atoms with Crippen molar-refractivity contribution in [2.75, 3.05) is 25.9 Å². The van der Waals surface area contributed by atoms with E-state index in [1.807, 2.05) is 7.05 Å². The fourth-order valence-corrected chi connectivity index (χ4v) is 3.00. The maximum absolute atomic E-state index is 12.0. The van der Waals surface area contributed by atoms with Crippen LogP contribution in [0.25, 0.3) is 0 Å². The Morgan fingerprint density at radius 2 is 2.00 bits per heavy atom. The van der Waals surface area contributed by atoms with Gasteiger partial charge in [-0.1, -0.05) is 6.92 Å². The molecular weight excluding hydrogens is 249 g/mol. The lowest BCUT2D eigenvalue weighted by atomic mass is 9.87. The Kier molecular flexibility index (Phi) is 5.60. The fourth-order valence-electron chi connectivity index (χ4n) is 2.44. The van der Waals surface area contributed by atoms with E-state index in [-0.39, 0.29) is 17.5 Å². The highest BCUT2D eigenvalue weighted by Gasteiger charge is 2.32. The molecule has 0 aliphatic carbocycles. The summed E-state index contributed by atoms with van der Waals surface area (Å²) in [7, 11) is 1.95. The molecule has 0 aromatic heterocycles. The van der Waals surface area contributed by atoms with Gasteiger partial charge in [-0.25, -0.2) is 0 Å². The zero-order valence-electron chi connectivity index (χ0n) is 10.5. The van der Waals surface area contributed by atoms with E-state index in [4.69, 9.17) is 0 Å². The molecule has 6 heteroatoms. The van der Waals surface area contributed by atoms with Gasteiger partial charge in [0.05, 0.1) is 0 Å². The van der Waals surface area contributed by atoms with Crippen LogP contribution in [0.15, 0.2) is 0 Å². The van der Waals surface area contributed by atoms with Crippen molar-refractivity contribution >= 4 is 11.8 Å². The summed E-state index contributed by atoms with van der Waals surface area (Å²) in [6.07, 6.45) is 1.01. The van der Waals surface area contributed by atoms with Gasteiger partial charge in [0.1, 0.15) is 0 Å². The summed E-state index contributed by atoms with van der Waals surface area (Å²) < 4.78 is 36.1. The minimum Gasteiger partial charge on any atom is -0.317 e. The van der Waals surface area contributed by atoms with Crippen molar-refractivity contribution in [2.45, 2.75) is 37.9 Å². The summed E-state index contributed by atoms with van der Waals surface area (Å²) in [6.45, 7) is 5.67. The second-order valence-corrected chi connectivity index (χ2v) is 5.77. The van der Waals surface area contributed by atoms with Crippen molar-refractivity contribution in [3.8, 4) is 0 Å². The van der Waals surface area contributed by atoms with Gasteiger partial charge in [0, 0.05) is 24.4 Å². The minimum absolute atomic E-state index is 0.0797. The Bertz CT molecular complexity index is 235. The molecule has 1 N–H and O–H groups in total. The number of alkyl halides is 3. The van der Waals surface area contributed by atoms with Crippen molar-refractivity contribution in [3.05, 3.63) is 0 Å². The number of hydrogen-bond donors (Lipinski definition) is 1. The SMILES string of the molecule is CNC1CCN(CCSC(F)(F)F)C(C)C1C. The van der Waals surface area contributed by atoms with Crippen LogP contribution < -0.4 is 5.32 Å². The van der Waals surface area contributed by atoms with Gasteiger partial charge in [-0.05, 0) is 44.6 Å². The quantitative estimate of drug-likeness (QED) is 0.845. The molecule has 2 nitrogen and oxygen atoms in total. The third-order valence-corrected chi connectivity index (χ3v) is 4.43. The van der Waals surface area contributed by atoms with E-state index < -0.39 is 5.51 Å². The lowest BCUT2D eigenvalue weighted by Crippen LogP contribution is -2.53. The van der Waals surface area contributed by atoms with Crippen LogP contribution in [-0.4, -0.2) is 48.4 Å². The zero-order valence-corrected chi connectivity index (χ0v) is 11.4. The smallest absolute Gasteiger partial charge is 0.317 e. The average Bonchev–Trinajstić information content (AvgIpc) is 2.23. The van der Waals surface area contributed by atoms with Crippen LogP contribution in [0, 0.1) is 5.92 Å². The summed E-state index contributed by atoms with van der Waals surface area (Å²) in [5, 5.41) is 3.27. The van der Waals surface area contributed by atoms with Crippen LogP contribution in [0.2, 0.25) is 0 Å². The Morgan fingerprint density at radius 3 is 2.53 bits per heavy atom. The third kappa shape index (κ3) is 4.67. The van der Waals surface area contributed by atoms with Crippen LogP contribution >= 0.6 is 11.8 Å². The Morgan fingerprint density at radius 1 is 1.35 bits per heavy atom. The topological polar surface area (TPSA) is 15.3 Å². The highest BCUT2D eigenvalue weighted by atomic mass is 32.2. The lowest BCUT2D eigenvalue weighted by Gasteiger charge is -2.42. The Balaban J connectivity index is 2.35. The predicted molar refractivity (Wildman–Crippen MR) is 66.2 cm³/mol. The Hall–Kier alpha value is 0.0600. The number of thioether (sulfide) groups is 1. The zero-order chi connectivity index (χ0) is 13.1. The van der Waals surface area contributed by atoms with E-state index in [0.717, 1.165) is 13.0 Å². The Labute approximate surface area is 105 Å². The first kappa shape index (κ1) is 15.1. The molecule has 17 heavy (non-hydrogen) atoms. The summed E-state index contributed by atoms with van der Waals surface area (Å²) in [6, 6.07) is 0.826. The van der Waals surface area contributed by atoms with E-state index >= 15 is 0 Å². The lowest BCUT2D eigenvalue weighted by molar-refractivity contribution is -0.0330. The molecule has 1 fully saturated rings. The molecule has 0 amide bonds. The molecule has 1 saturated heterocycles. The molecule has 102 valence electrons. The predicted octanol–water partition coefficient (Wildman–Crippen LogP) is 2.56. The first-order valence-electron chi connectivity index (χ1n) is 5.97. The van der Waals surface area contributed by atoms with Gasteiger partial charge < -0.3 is 5.32 Å². The number of rotatable bonds is 4. The van der Waals surface area contributed by atoms with Gasteiger partial charge in [0.25, 0.3) is 0 Å². The second-order valence-electron chi connectivity index (χ2n) is 4.61. The van der Waals surface area contributed by atoms with E-state index in [0.29, 0.717) is 24.5 Å². The summed E-state index contributed by atoms with van der Waals surface area (Å²) in [4.78, 5) is 2.16. The molecule has 1 heterocycles. The van der Waals surface area contributed by atoms with Gasteiger partial charge in [0.2, 0.25) is 0 Å². The molecule has 3 unspecified atom stereocenters. The van der Waals surface area contributed by atoms with Gasteiger partial charge in [-0.2, -0.15) is 13.2 Å². The van der Waals surface area contributed by atoms with Crippen molar-refractivity contribution in [1.82, 2.24) is 10.2 Å². The van der Waals surface area contributed by atoms with Gasteiger partial charge in [0.15, 0.2) is 0 Å². The molecule has 0 spiro atoms. The minimum atomic E-state index is -4.10. The molecule has 0 saturated carbocycles. The van der Waals surface area contributed by atoms with Crippen LogP contribution in [0.4, 0.5) is 13.2 Å². The number of nitrogens with zero attached hydrogens (tertiary/aromatic N) is 1. The van der Waals surface area contributed by atoms with Crippen LogP contribution in [0.3, 0.4) is 0 Å². The number of piperidine rings is 1. The van der Waals surface area contributed by atoms with Crippen molar-refractivity contribution in [3.63, 3.8) is 0 Å². The number of nitrogens with one attached hydrogen (secondary N) is 1. The monoisotopic (exact) mass is 270 g/mol. The van der Waals surface area contributed by atoms with E-state index in [1.54, 1.807) is 0 Å². The van der Waals surface area contributed by atoms with Gasteiger partial charge in [-0.3, -0.25) is 4.90 Å². The molecule has 1 aliphatic heterocycles. The third-order valence-electron chi connectivity index (χ3n) is 3.71. The van der Waals surface area contributed by atoms with E-state index in [1.165, 1.54) is 0 Å². The number of likely N-dealkylation sites (tertiary alicyclic amines) is 1. The highest BCUT2D eigenvalue weighted by Crippen LogP contribution is 2.31. The molecule has 0 aromatic carbocycles. The van der Waals surface area contributed by atoms with Crippen LogP contribution in [-0.2, 0) is 0 Å². The van der Waals surface area contributed by atoms with Gasteiger partial charge >= 0.3 is 5.51 Å². The number of hydrogen-bond acceptors (Lipinski definition) is 3. The van der Waals surface area contributed by atoms with Crippen molar-refractivity contribution < 1.29 is 13.2 Å². The van der Waals surface area contributed by atoms with Gasteiger partial charge in [-0.15, -0.1) is 0 Å². The first-order chi connectivity index (χ1) is 7.85.